The van der Waals surface area contributed by atoms with Crippen LogP contribution in [0, 0.1) is 12.8 Å². The van der Waals surface area contributed by atoms with Crippen molar-refractivity contribution in [2.45, 2.75) is 46.5 Å². The Bertz CT molecular complexity index is 548. The molecule has 1 aliphatic rings. The van der Waals surface area contributed by atoms with E-state index in [9.17, 15) is 4.79 Å². The van der Waals surface area contributed by atoms with Gasteiger partial charge in [0.1, 0.15) is 0 Å². The Morgan fingerprint density at radius 1 is 1.35 bits per heavy atom. The van der Waals surface area contributed by atoms with E-state index in [2.05, 4.69) is 55.4 Å². The number of likely N-dealkylation sites (tertiary alicyclic amines) is 1. The number of benzene rings is 1. The Morgan fingerprint density at radius 2 is 2.09 bits per heavy atom. The van der Waals surface area contributed by atoms with Crippen molar-refractivity contribution >= 4 is 11.7 Å². The third-order valence-corrected chi connectivity index (χ3v) is 4.69. The van der Waals surface area contributed by atoms with E-state index in [1.807, 2.05) is 13.0 Å². The summed E-state index contributed by atoms with van der Waals surface area (Å²) >= 11 is 0. The van der Waals surface area contributed by atoms with Gasteiger partial charge in [0.15, 0.2) is 0 Å². The fourth-order valence-electron chi connectivity index (χ4n) is 3.22. The Balaban J connectivity index is 1.96. The largest absolute Gasteiger partial charge is 0.338 e. The number of para-hydroxylation sites is 1. The normalized spacial score (nSPS) is 18.9. The zero-order chi connectivity index (χ0) is 17.0. The minimum Gasteiger partial charge on any atom is -0.338 e. The summed E-state index contributed by atoms with van der Waals surface area (Å²) in [6.07, 6.45) is 1.17. The van der Waals surface area contributed by atoms with Crippen molar-refractivity contribution in [2.75, 3.05) is 31.5 Å². The van der Waals surface area contributed by atoms with Gasteiger partial charge in [-0.05, 0) is 48.9 Å². The third-order valence-electron chi connectivity index (χ3n) is 4.69. The number of nitrogens with zero attached hydrogens (tertiary/aromatic N) is 1. The highest BCUT2D eigenvalue weighted by Gasteiger charge is 2.23. The molecule has 4 nitrogen and oxygen atoms in total. The van der Waals surface area contributed by atoms with Crippen molar-refractivity contribution < 1.29 is 4.79 Å². The van der Waals surface area contributed by atoms with Gasteiger partial charge >= 0.3 is 6.03 Å². The van der Waals surface area contributed by atoms with Gasteiger partial charge < -0.3 is 15.5 Å². The highest BCUT2D eigenvalue weighted by Crippen LogP contribution is 2.31. The minimum atomic E-state index is -0.0975. The molecule has 1 aromatic rings. The fourth-order valence-corrected chi connectivity index (χ4v) is 3.22. The van der Waals surface area contributed by atoms with Crippen LogP contribution in [0.3, 0.4) is 0 Å². The maximum Gasteiger partial charge on any atom is 0.319 e. The second-order valence-corrected chi connectivity index (χ2v) is 7.63. The first-order valence-electron chi connectivity index (χ1n) is 8.68. The van der Waals surface area contributed by atoms with Gasteiger partial charge in [-0.3, -0.25) is 0 Å². The van der Waals surface area contributed by atoms with Gasteiger partial charge in [0.05, 0.1) is 0 Å². The van der Waals surface area contributed by atoms with Gasteiger partial charge in [0.2, 0.25) is 0 Å². The number of carbonyl (C=O) groups excluding carboxylic acids is 1. The molecule has 0 radical (unpaired) electrons. The molecule has 1 aliphatic heterocycles. The molecule has 1 aromatic carbocycles. The second kappa shape index (κ2) is 7.35. The Labute approximate surface area is 140 Å². The Hall–Kier alpha value is -1.55. The molecule has 1 atom stereocenters. The molecule has 23 heavy (non-hydrogen) atoms. The number of hydrogen-bond acceptors (Lipinski definition) is 2. The van der Waals surface area contributed by atoms with Crippen LogP contribution < -0.4 is 10.6 Å². The predicted octanol–water partition coefficient (Wildman–Crippen LogP) is 3.76. The highest BCUT2D eigenvalue weighted by atomic mass is 16.2. The lowest BCUT2D eigenvalue weighted by Crippen LogP contribution is -2.35. The van der Waals surface area contributed by atoms with E-state index < -0.39 is 0 Å². The zero-order valence-electron chi connectivity index (χ0n) is 15.2. The van der Waals surface area contributed by atoms with E-state index in [4.69, 9.17) is 0 Å². The van der Waals surface area contributed by atoms with Crippen LogP contribution in [0.15, 0.2) is 18.2 Å². The number of rotatable bonds is 4. The molecule has 2 N–H and O–H groups in total. The van der Waals surface area contributed by atoms with Gasteiger partial charge in [0.25, 0.3) is 0 Å². The van der Waals surface area contributed by atoms with Crippen LogP contribution in [0.2, 0.25) is 0 Å². The molecule has 2 rings (SSSR count). The van der Waals surface area contributed by atoms with Gasteiger partial charge in [-0.25, -0.2) is 4.79 Å². The van der Waals surface area contributed by atoms with Gasteiger partial charge in [-0.15, -0.1) is 0 Å². The number of amides is 2. The molecule has 2 amide bonds. The minimum absolute atomic E-state index is 0.00170. The van der Waals surface area contributed by atoms with Crippen LogP contribution in [-0.4, -0.2) is 37.1 Å². The molecule has 1 fully saturated rings. The molecule has 0 aromatic heterocycles. The molecule has 128 valence electrons. The molecule has 0 aliphatic carbocycles. The summed E-state index contributed by atoms with van der Waals surface area (Å²) in [5, 5.41) is 6.12. The standard InChI is InChI=1S/C19H31N3O/c1-6-22-11-10-15(13-22)12-20-18(23)21-17-14(2)8-7-9-16(17)19(3,4)5/h7-9,15H,6,10-13H2,1-5H3,(H2,20,21,23)/t15-/m1/s1. The fraction of sp³-hybridized carbons (Fsp3) is 0.632. The molecule has 0 spiro atoms. The van der Waals surface area contributed by atoms with E-state index in [1.165, 1.54) is 12.0 Å². The van der Waals surface area contributed by atoms with Crippen molar-refractivity contribution in [3.63, 3.8) is 0 Å². The summed E-state index contributed by atoms with van der Waals surface area (Å²) in [6.45, 7) is 14.8. The van der Waals surface area contributed by atoms with E-state index >= 15 is 0 Å². The number of carbonyl (C=O) groups is 1. The van der Waals surface area contributed by atoms with E-state index in [0.29, 0.717) is 5.92 Å². The summed E-state index contributed by atoms with van der Waals surface area (Å²) in [4.78, 5) is 14.7. The van der Waals surface area contributed by atoms with E-state index in [0.717, 1.165) is 37.4 Å². The van der Waals surface area contributed by atoms with E-state index in [1.54, 1.807) is 0 Å². The molecule has 1 saturated heterocycles. The molecule has 1 heterocycles. The smallest absolute Gasteiger partial charge is 0.319 e. The first kappa shape index (κ1) is 17.8. The van der Waals surface area contributed by atoms with Crippen molar-refractivity contribution in [3.05, 3.63) is 29.3 Å². The SMILES string of the molecule is CCN1CC[C@H](CNC(=O)Nc2c(C)cccc2C(C)(C)C)C1. The highest BCUT2D eigenvalue weighted by molar-refractivity contribution is 5.91. The predicted molar refractivity (Wildman–Crippen MR) is 97.1 cm³/mol. The molecule has 0 unspecified atom stereocenters. The van der Waals surface area contributed by atoms with Crippen molar-refractivity contribution in [2.24, 2.45) is 5.92 Å². The molecular formula is C19H31N3O. The molecular weight excluding hydrogens is 286 g/mol. The summed E-state index contributed by atoms with van der Waals surface area (Å²) in [6, 6.07) is 6.09. The second-order valence-electron chi connectivity index (χ2n) is 7.63. The summed E-state index contributed by atoms with van der Waals surface area (Å²) in [5.41, 5.74) is 3.22. The average molecular weight is 317 g/mol. The maximum atomic E-state index is 12.3. The van der Waals surface area contributed by atoms with Crippen LogP contribution in [0.4, 0.5) is 10.5 Å². The van der Waals surface area contributed by atoms with Gasteiger partial charge in [-0.1, -0.05) is 45.9 Å². The number of nitrogens with one attached hydrogen (secondary N) is 2. The summed E-state index contributed by atoms with van der Waals surface area (Å²) < 4.78 is 0. The topological polar surface area (TPSA) is 44.4 Å². The van der Waals surface area contributed by atoms with Crippen LogP contribution in [-0.2, 0) is 5.41 Å². The first-order valence-corrected chi connectivity index (χ1v) is 8.68. The lowest BCUT2D eigenvalue weighted by molar-refractivity contribution is 0.250. The van der Waals surface area contributed by atoms with Crippen LogP contribution in [0.5, 0.6) is 0 Å². The van der Waals surface area contributed by atoms with Crippen LogP contribution in [0.1, 0.15) is 45.2 Å². The van der Waals surface area contributed by atoms with Gasteiger partial charge in [-0.2, -0.15) is 0 Å². The molecule has 0 bridgehead atoms. The number of urea groups is 1. The quantitative estimate of drug-likeness (QED) is 0.888. The monoisotopic (exact) mass is 317 g/mol. The van der Waals surface area contributed by atoms with Crippen LogP contribution in [0.25, 0.3) is 0 Å². The lowest BCUT2D eigenvalue weighted by atomic mass is 9.84. The van der Waals surface area contributed by atoms with Gasteiger partial charge in [0, 0.05) is 18.8 Å². The van der Waals surface area contributed by atoms with Crippen molar-refractivity contribution in [1.82, 2.24) is 10.2 Å². The van der Waals surface area contributed by atoms with Crippen molar-refractivity contribution in [1.29, 1.82) is 0 Å². The third kappa shape index (κ3) is 4.71. The zero-order valence-corrected chi connectivity index (χ0v) is 15.2. The summed E-state index contributed by atoms with van der Waals surface area (Å²) in [5.74, 6) is 0.569. The molecule has 0 saturated carbocycles. The number of anilines is 1. The van der Waals surface area contributed by atoms with Crippen LogP contribution >= 0.6 is 0 Å². The Morgan fingerprint density at radius 3 is 2.70 bits per heavy atom. The first-order chi connectivity index (χ1) is 10.8. The number of aryl methyl sites for hydroxylation is 1. The molecule has 4 heteroatoms. The van der Waals surface area contributed by atoms with E-state index in [-0.39, 0.29) is 11.4 Å². The average Bonchev–Trinajstić information content (AvgIpc) is 2.94. The maximum absolute atomic E-state index is 12.3. The Kier molecular flexibility index (Phi) is 5.69. The lowest BCUT2D eigenvalue weighted by Gasteiger charge is -2.24. The summed E-state index contributed by atoms with van der Waals surface area (Å²) in [7, 11) is 0. The van der Waals surface area contributed by atoms with Crippen molar-refractivity contribution in [3.8, 4) is 0 Å². The number of hydrogen-bond donors (Lipinski definition) is 2.